The molecule has 0 amide bonds. The Morgan fingerprint density at radius 2 is 2.09 bits per heavy atom. The summed E-state index contributed by atoms with van der Waals surface area (Å²) in [5.41, 5.74) is 0. The summed E-state index contributed by atoms with van der Waals surface area (Å²) in [6.45, 7) is 3.76. The van der Waals surface area contributed by atoms with Crippen LogP contribution in [0.2, 0.25) is 0 Å². The van der Waals surface area contributed by atoms with Crippen LogP contribution in [0.1, 0.15) is 25.7 Å². The van der Waals surface area contributed by atoms with Crippen molar-refractivity contribution in [1.82, 2.24) is 10.6 Å². The molecule has 0 spiro atoms. The molecule has 2 N–H and O–H groups in total. The Kier molecular flexibility index (Phi) is 2.44. The van der Waals surface area contributed by atoms with Gasteiger partial charge in [-0.2, -0.15) is 0 Å². The minimum absolute atomic E-state index is 0.878. The fourth-order valence-corrected chi connectivity index (χ4v) is 1.66. The van der Waals surface area contributed by atoms with Crippen molar-refractivity contribution < 1.29 is 0 Å². The van der Waals surface area contributed by atoms with Gasteiger partial charge < -0.3 is 10.6 Å². The van der Waals surface area contributed by atoms with Gasteiger partial charge in [0, 0.05) is 6.04 Å². The van der Waals surface area contributed by atoms with Crippen LogP contribution in [0.15, 0.2) is 0 Å². The maximum atomic E-state index is 3.59. The topological polar surface area (TPSA) is 24.1 Å². The average Bonchev–Trinajstić information content (AvgIpc) is 1.79. The number of nitrogens with one attached hydrogen (secondary N) is 2. The lowest BCUT2D eigenvalue weighted by atomic mass is 9.92. The summed E-state index contributed by atoms with van der Waals surface area (Å²) >= 11 is 0. The number of hydrogen-bond donors (Lipinski definition) is 2. The highest BCUT2D eigenvalue weighted by Crippen LogP contribution is 2.18. The van der Waals surface area contributed by atoms with Crippen molar-refractivity contribution in [1.29, 1.82) is 0 Å². The minimum Gasteiger partial charge on any atom is -0.316 e. The molecule has 2 rings (SSSR count). The normalized spacial score (nSPS) is 26.2. The molecule has 0 aromatic rings. The molecule has 11 heavy (non-hydrogen) atoms. The number of hydrogen-bond acceptors (Lipinski definition) is 2. The molecule has 0 aromatic carbocycles. The Labute approximate surface area is 68.7 Å². The summed E-state index contributed by atoms with van der Waals surface area (Å²) in [5, 5.41) is 6.89. The molecule has 2 aliphatic rings. The molecule has 0 atom stereocenters. The lowest BCUT2D eigenvalue weighted by molar-refractivity contribution is 0.289. The van der Waals surface area contributed by atoms with Crippen LogP contribution in [-0.2, 0) is 0 Å². The second kappa shape index (κ2) is 3.55. The highest BCUT2D eigenvalue weighted by Gasteiger charge is 2.19. The van der Waals surface area contributed by atoms with Crippen LogP contribution in [-0.4, -0.2) is 25.7 Å². The first kappa shape index (κ1) is 7.56. The Hall–Kier alpha value is -0.0800. The SMILES string of the molecule is C1CC(NCCC2CNC2)C1. The third-order valence-corrected chi connectivity index (χ3v) is 2.96. The molecule has 0 radical (unpaired) electrons. The first-order valence-electron chi connectivity index (χ1n) is 4.89. The highest BCUT2D eigenvalue weighted by atomic mass is 15.0. The molecule has 1 aliphatic heterocycles. The molecule has 1 saturated heterocycles. The zero-order valence-electron chi connectivity index (χ0n) is 7.10. The predicted octanol–water partition coefficient (Wildman–Crippen LogP) is 0.738. The lowest BCUT2D eigenvalue weighted by Gasteiger charge is -2.30. The maximum absolute atomic E-state index is 3.59. The predicted molar refractivity (Wildman–Crippen MR) is 46.6 cm³/mol. The highest BCUT2D eigenvalue weighted by molar-refractivity contribution is 4.79. The van der Waals surface area contributed by atoms with E-state index in [1.54, 1.807) is 0 Å². The van der Waals surface area contributed by atoms with Crippen LogP contribution >= 0.6 is 0 Å². The Balaban J connectivity index is 1.46. The van der Waals surface area contributed by atoms with Crippen LogP contribution < -0.4 is 10.6 Å². The van der Waals surface area contributed by atoms with Crippen molar-refractivity contribution >= 4 is 0 Å². The van der Waals surface area contributed by atoms with Crippen LogP contribution in [0.4, 0.5) is 0 Å². The second-order valence-corrected chi connectivity index (χ2v) is 3.89. The molecule has 1 saturated carbocycles. The fraction of sp³-hybridized carbons (Fsp3) is 1.00. The van der Waals surface area contributed by atoms with Crippen molar-refractivity contribution in [2.75, 3.05) is 19.6 Å². The lowest BCUT2D eigenvalue weighted by Crippen LogP contribution is -2.44. The zero-order chi connectivity index (χ0) is 7.52. The molecule has 0 unspecified atom stereocenters. The molecule has 64 valence electrons. The van der Waals surface area contributed by atoms with Crippen molar-refractivity contribution in [2.24, 2.45) is 5.92 Å². The van der Waals surface area contributed by atoms with E-state index in [0.717, 1.165) is 12.0 Å². The summed E-state index contributed by atoms with van der Waals surface area (Å²) in [5.74, 6) is 0.975. The van der Waals surface area contributed by atoms with E-state index in [4.69, 9.17) is 0 Å². The molecule has 0 bridgehead atoms. The zero-order valence-corrected chi connectivity index (χ0v) is 7.10. The van der Waals surface area contributed by atoms with Crippen LogP contribution in [0.5, 0.6) is 0 Å². The number of rotatable bonds is 4. The largest absolute Gasteiger partial charge is 0.316 e. The van der Waals surface area contributed by atoms with Crippen LogP contribution in [0.3, 0.4) is 0 Å². The van der Waals surface area contributed by atoms with E-state index in [2.05, 4.69) is 10.6 Å². The van der Waals surface area contributed by atoms with Gasteiger partial charge in [0.25, 0.3) is 0 Å². The van der Waals surface area contributed by atoms with Gasteiger partial charge >= 0.3 is 0 Å². The van der Waals surface area contributed by atoms with Crippen LogP contribution in [0, 0.1) is 5.92 Å². The molecule has 2 fully saturated rings. The van der Waals surface area contributed by atoms with Gasteiger partial charge in [0.2, 0.25) is 0 Å². The van der Waals surface area contributed by atoms with E-state index in [1.165, 1.54) is 45.3 Å². The van der Waals surface area contributed by atoms with Crippen molar-refractivity contribution in [2.45, 2.75) is 31.7 Å². The van der Waals surface area contributed by atoms with E-state index in [1.807, 2.05) is 0 Å². The van der Waals surface area contributed by atoms with Gasteiger partial charge in [0.05, 0.1) is 0 Å². The molecule has 1 heterocycles. The Morgan fingerprint density at radius 3 is 2.55 bits per heavy atom. The molecule has 2 heteroatoms. The van der Waals surface area contributed by atoms with Crippen molar-refractivity contribution in [3.8, 4) is 0 Å². The van der Waals surface area contributed by atoms with E-state index in [0.29, 0.717) is 0 Å². The summed E-state index contributed by atoms with van der Waals surface area (Å²) in [4.78, 5) is 0. The third-order valence-electron chi connectivity index (χ3n) is 2.96. The third kappa shape index (κ3) is 1.94. The van der Waals surface area contributed by atoms with E-state index < -0.39 is 0 Å². The van der Waals surface area contributed by atoms with Crippen molar-refractivity contribution in [3.63, 3.8) is 0 Å². The standard InChI is InChI=1S/C9H18N2/c1-2-9(3-1)11-5-4-8-6-10-7-8/h8-11H,1-7H2. The van der Waals surface area contributed by atoms with Crippen LogP contribution in [0.25, 0.3) is 0 Å². The first-order valence-corrected chi connectivity index (χ1v) is 4.89. The quantitative estimate of drug-likeness (QED) is 0.624. The maximum Gasteiger partial charge on any atom is 0.00670 e. The first-order chi connectivity index (χ1) is 5.45. The molecule has 2 nitrogen and oxygen atoms in total. The summed E-state index contributed by atoms with van der Waals surface area (Å²) in [7, 11) is 0. The Morgan fingerprint density at radius 1 is 1.27 bits per heavy atom. The molecular formula is C9H18N2. The van der Waals surface area contributed by atoms with Gasteiger partial charge in [-0.15, -0.1) is 0 Å². The van der Waals surface area contributed by atoms with E-state index in [-0.39, 0.29) is 0 Å². The molecule has 0 aromatic heterocycles. The van der Waals surface area contributed by atoms with Gasteiger partial charge in [-0.05, 0) is 44.8 Å². The molecule has 1 aliphatic carbocycles. The van der Waals surface area contributed by atoms with Gasteiger partial charge in [-0.1, -0.05) is 6.42 Å². The monoisotopic (exact) mass is 154 g/mol. The van der Waals surface area contributed by atoms with E-state index in [9.17, 15) is 0 Å². The minimum atomic E-state index is 0.878. The summed E-state index contributed by atoms with van der Waals surface area (Å²) in [6, 6.07) is 0.878. The second-order valence-electron chi connectivity index (χ2n) is 3.89. The fourth-order valence-electron chi connectivity index (χ4n) is 1.66. The van der Waals surface area contributed by atoms with Gasteiger partial charge in [-0.25, -0.2) is 0 Å². The van der Waals surface area contributed by atoms with Gasteiger partial charge in [-0.3, -0.25) is 0 Å². The average molecular weight is 154 g/mol. The van der Waals surface area contributed by atoms with E-state index >= 15 is 0 Å². The van der Waals surface area contributed by atoms with Gasteiger partial charge in [0.15, 0.2) is 0 Å². The smallest absolute Gasteiger partial charge is 0.00670 e. The molecular weight excluding hydrogens is 136 g/mol. The summed E-state index contributed by atoms with van der Waals surface area (Å²) < 4.78 is 0. The summed E-state index contributed by atoms with van der Waals surface area (Å²) in [6.07, 6.45) is 5.66. The van der Waals surface area contributed by atoms with Crippen molar-refractivity contribution in [3.05, 3.63) is 0 Å². The Bertz CT molecular complexity index is 103. The van der Waals surface area contributed by atoms with Gasteiger partial charge in [0.1, 0.15) is 0 Å².